The minimum Gasteiger partial charge on any atom is -0.360 e. The number of piperazine rings is 1. The highest BCUT2D eigenvalue weighted by Gasteiger charge is 2.40. The Morgan fingerprint density at radius 2 is 1.75 bits per heavy atom. The minimum atomic E-state index is -3.55. The first-order valence-corrected chi connectivity index (χ1v) is 11.9. The van der Waals surface area contributed by atoms with E-state index in [-0.39, 0.29) is 10.7 Å². The van der Waals surface area contributed by atoms with Crippen molar-refractivity contribution in [3.63, 3.8) is 0 Å². The molecule has 2 saturated carbocycles. The lowest BCUT2D eigenvalue weighted by Gasteiger charge is -2.37. The molecule has 152 valence electrons. The number of benzene rings is 1. The maximum Gasteiger partial charge on any atom is 0.243 e. The lowest BCUT2D eigenvalue weighted by molar-refractivity contribution is 0.101. The van der Waals surface area contributed by atoms with Gasteiger partial charge in [0.25, 0.3) is 0 Å². The summed E-state index contributed by atoms with van der Waals surface area (Å²) in [5.74, 6) is 1.54. The lowest BCUT2D eigenvalue weighted by atomic mass is 9.95. The van der Waals surface area contributed by atoms with Crippen LogP contribution in [0.15, 0.2) is 29.2 Å². The molecule has 2 aliphatic carbocycles. The SMILES string of the molecule is CC(=O)c1ccc(S(=O)(=O)N2CCN(C(=S)NC3CC4CCC3C4)CC2)cc1. The molecule has 0 aromatic heterocycles. The summed E-state index contributed by atoms with van der Waals surface area (Å²) in [6, 6.07) is 6.66. The highest BCUT2D eigenvalue weighted by molar-refractivity contribution is 7.89. The Balaban J connectivity index is 1.34. The zero-order valence-electron chi connectivity index (χ0n) is 16.1. The number of carbonyl (C=O) groups is 1. The number of rotatable bonds is 4. The van der Waals surface area contributed by atoms with Gasteiger partial charge in [0, 0.05) is 37.8 Å². The van der Waals surface area contributed by atoms with Crippen LogP contribution in [-0.4, -0.2) is 60.7 Å². The first-order chi connectivity index (χ1) is 13.3. The minimum absolute atomic E-state index is 0.0749. The fourth-order valence-corrected chi connectivity index (χ4v) is 6.57. The number of hydrogen-bond acceptors (Lipinski definition) is 4. The van der Waals surface area contributed by atoms with Gasteiger partial charge in [-0.1, -0.05) is 18.6 Å². The van der Waals surface area contributed by atoms with E-state index in [0.29, 0.717) is 37.8 Å². The van der Waals surface area contributed by atoms with Crippen LogP contribution in [0.2, 0.25) is 0 Å². The number of Topliss-reactive ketones (excluding diaryl/α,β-unsaturated/α-hetero) is 1. The number of nitrogens with one attached hydrogen (secondary N) is 1. The van der Waals surface area contributed by atoms with Crippen molar-refractivity contribution in [2.24, 2.45) is 11.8 Å². The average molecular weight is 422 g/mol. The summed E-state index contributed by atoms with van der Waals surface area (Å²) in [7, 11) is -3.55. The molecule has 0 radical (unpaired) electrons. The average Bonchev–Trinajstić information content (AvgIpc) is 3.31. The molecule has 0 amide bonds. The van der Waals surface area contributed by atoms with Crippen molar-refractivity contribution in [1.29, 1.82) is 0 Å². The topological polar surface area (TPSA) is 69.7 Å². The molecule has 8 heteroatoms. The van der Waals surface area contributed by atoms with Gasteiger partial charge in [0.1, 0.15) is 0 Å². The first-order valence-electron chi connectivity index (χ1n) is 10.0. The van der Waals surface area contributed by atoms with E-state index in [1.54, 1.807) is 12.1 Å². The van der Waals surface area contributed by atoms with Gasteiger partial charge in [-0.3, -0.25) is 4.79 Å². The maximum absolute atomic E-state index is 12.9. The molecular weight excluding hydrogens is 394 g/mol. The number of fused-ring (bicyclic) bond motifs is 2. The van der Waals surface area contributed by atoms with Crippen molar-refractivity contribution in [3.8, 4) is 0 Å². The molecule has 2 bridgehead atoms. The van der Waals surface area contributed by atoms with E-state index < -0.39 is 10.0 Å². The van der Waals surface area contributed by atoms with E-state index in [0.717, 1.165) is 16.9 Å². The van der Waals surface area contributed by atoms with Gasteiger partial charge in [-0.15, -0.1) is 0 Å². The van der Waals surface area contributed by atoms with Crippen LogP contribution in [0.5, 0.6) is 0 Å². The smallest absolute Gasteiger partial charge is 0.243 e. The standard InChI is InChI=1S/C20H27N3O3S2/c1-14(24)16-4-6-18(7-5-16)28(25,26)23-10-8-22(9-11-23)20(27)21-19-13-15-2-3-17(19)12-15/h4-7,15,17,19H,2-3,8-13H2,1H3,(H,21,27). The summed E-state index contributed by atoms with van der Waals surface area (Å²) in [6.45, 7) is 3.48. The number of sulfonamides is 1. The first kappa shape index (κ1) is 19.8. The number of thiocarbonyl (C=S) groups is 1. The predicted molar refractivity (Wildman–Crippen MR) is 112 cm³/mol. The molecular formula is C20H27N3O3S2. The van der Waals surface area contributed by atoms with Gasteiger partial charge in [0.05, 0.1) is 4.90 Å². The van der Waals surface area contributed by atoms with Crippen LogP contribution in [0.3, 0.4) is 0 Å². The van der Waals surface area contributed by atoms with E-state index in [2.05, 4.69) is 10.2 Å². The number of hydrogen-bond donors (Lipinski definition) is 1. The fourth-order valence-electron chi connectivity index (χ4n) is 4.81. The number of ketones is 1. The van der Waals surface area contributed by atoms with E-state index >= 15 is 0 Å². The van der Waals surface area contributed by atoms with E-state index in [1.807, 2.05) is 0 Å². The third kappa shape index (κ3) is 3.82. The van der Waals surface area contributed by atoms with Crippen LogP contribution in [0.4, 0.5) is 0 Å². The third-order valence-corrected chi connectivity index (χ3v) is 8.76. The van der Waals surface area contributed by atoms with Crippen LogP contribution in [0.25, 0.3) is 0 Å². The molecule has 1 N–H and O–H groups in total. The molecule has 6 nitrogen and oxygen atoms in total. The zero-order valence-corrected chi connectivity index (χ0v) is 17.8. The summed E-state index contributed by atoms with van der Waals surface area (Å²) < 4.78 is 27.3. The highest BCUT2D eigenvalue weighted by atomic mass is 32.2. The predicted octanol–water partition coefficient (Wildman–Crippen LogP) is 2.26. The van der Waals surface area contributed by atoms with Crippen molar-refractivity contribution in [3.05, 3.63) is 29.8 Å². The molecule has 1 aromatic rings. The number of carbonyl (C=O) groups excluding carboxylic acids is 1. The van der Waals surface area contributed by atoms with Crippen LogP contribution in [0, 0.1) is 11.8 Å². The molecule has 3 aliphatic rings. The molecule has 4 rings (SSSR count). The third-order valence-electron chi connectivity index (χ3n) is 6.47. The fraction of sp³-hybridized carbons (Fsp3) is 0.600. The van der Waals surface area contributed by atoms with Gasteiger partial charge < -0.3 is 10.2 Å². The van der Waals surface area contributed by atoms with Crippen molar-refractivity contribution in [1.82, 2.24) is 14.5 Å². The van der Waals surface area contributed by atoms with Crippen molar-refractivity contribution >= 4 is 33.1 Å². The maximum atomic E-state index is 12.9. The van der Waals surface area contributed by atoms with Gasteiger partial charge in [-0.25, -0.2) is 8.42 Å². The summed E-state index contributed by atoms with van der Waals surface area (Å²) in [5, 5.41) is 4.30. The van der Waals surface area contributed by atoms with Crippen LogP contribution in [-0.2, 0) is 10.0 Å². The van der Waals surface area contributed by atoms with Crippen molar-refractivity contribution in [2.75, 3.05) is 26.2 Å². The molecule has 1 heterocycles. The molecule has 3 fully saturated rings. The molecule has 3 unspecified atom stereocenters. The summed E-state index contributed by atoms with van der Waals surface area (Å²) in [6.07, 6.45) is 5.21. The van der Waals surface area contributed by atoms with Gasteiger partial charge in [0.2, 0.25) is 10.0 Å². The Bertz CT molecular complexity index is 861. The van der Waals surface area contributed by atoms with Gasteiger partial charge >= 0.3 is 0 Å². The number of nitrogens with zero attached hydrogens (tertiary/aromatic N) is 2. The zero-order chi connectivity index (χ0) is 19.9. The van der Waals surface area contributed by atoms with Crippen molar-refractivity contribution in [2.45, 2.75) is 43.5 Å². The Morgan fingerprint density at radius 1 is 1.07 bits per heavy atom. The summed E-state index contributed by atoms with van der Waals surface area (Å²) in [5.41, 5.74) is 0.515. The van der Waals surface area contributed by atoms with E-state index in [1.165, 1.54) is 49.0 Å². The Labute approximate surface area is 172 Å². The van der Waals surface area contributed by atoms with Gasteiger partial charge in [-0.05, 0) is 62.4 Å². The van der Waals surface area contributed by atoms with E-state index in [9.17, 15) is 13.2 Å². The van der Waals surface area contributed by atoms with E-state index in [4.69, 9.17) is 12.2 Å². The second kappa shape index (κ2) is 7.72. The van der Waals surface area contributed by atoms with Crippen LogP contribution < -0.4 is 5.32 Å². The van der Waals surface area contributed by atoms with Crippen LogP contribution >= 0.6 is 12.2 Å². The second-order valence-corrected chi connectivity index (χ2v) is 10.5. The van der Waals surface area contributed by atoms with Crippen molar-refractivity contribution < 1.29 is 13.2 Å². The molecule has 28 heavy (non-hydrogen) atoms. The molecule has 1 aromatic carbocycles. The van der Waals surface area contributed by atoms with Crippen LogP contribution in [0.1, 0.15) is 43.0 Å². The van der Waals surface area contributed by atoms with Gasteiger partial charge in [-0.2, -0.15) is 4.31 Å². The Hall–Kier alpha value is -1.51. The Morgan fingerprint density at radius 3 is 2.29 bits per heavy atom. The lowest BCUT2D eigenvalue weighted by Crippen LogP contribution is -2.54. The summed E-state index contributed by atoms with van der Waals surface area (Å²) >= 11 is 5.61. The highest BCUT2D eigenvalue weighted by Crippen LogP contribution is 2.44. The largest absolute Gasteiger partial charge is 0.360 e. The summed E-state index contributed by atoms with van der Waals surface area (Å²) in [4.78, 5) is 13.7. The monoisotopic (exact) mass is 421 g/mol. The molecule has 1 saturated heterocycles. The Kier molecular flexibility index (Phi) is 5.46. The molecule has 1 aliphatic heterocycles. The normalized spacial score (nSPS) is 27.8. The molecule has 0 spiro atoms. The quantitative estimate of drug-likeness (QED) is 0.594. The molecule has 3 atom stereocenters. The second-order valence-electron chi connectivity index (χ2n) is 8.20. The van der Waals surface area contributed by atoms with Gasteiger partial charge in [0.15, 0.2) is 10.9 Å².